The van der Waals surface area contributed by atoms with Crippen molar-refractivity contribution in [1.29, 1.82) is 0 Å². The van der Waals surface area contributed by atoms with Gasteiger partial charge in [-0.25, -0.2) is 0 Å². The highest BCUT2D eigenvalue weighted by Gasteiger charge is 2.66. The molecule has 22 heavy (non-hydrogen) atoms. The summed E-state index contributed by atoms with van der Waals surface area (Å²) in [6.45, 7) is 1.51. The molecule has 0 unspecified atom stereocenters. The highest BCUT2D eigenvalue weighted by atomic mass is 16.5. The summed E-state index contributed by atoms with van der Waals surface area (Å²) in [5.41, 5.74) is 1.28. The van der Waals surface area contributed by atoms with Gasteiger partial charge in [0.05, 0.1) is 19.3 Å². The quantitative estimate of drug-likeness (QED) is 0.876. The summed E-state index contributed by atoms with van der Waals surface area (Å²) >= 11 is 0. The van der Waals surface area contributed by atoms with Crippen LogP contribution in [0.15, 0.2) is 24.3 Å². The summed E-state index contributed by atoms with van der Waals surface area (Å²) in [6, 6.07) is 8.22. The lowest BCUT2D eigenvalue weighted by Crippen LogP contribution is -2.71. The number of methoxy groups -OCH3 is 1. The lowest BCUT2D eigenvalue weighted by Gasteiger charge is -2.63. The number of hydrogen-bond donors (Lipinski definition) is 2. The van der Waals surface area contributed by atoms with Crippen LogP contribution < -0.4 is 10.1 Å². The van der Waals surface area contributed by atoms with Crippen LogP contribution in [0.1, 0.15) is 37.4 Å². The van der Waals surface area contributed by atoms with Gasteiger partial charge in [0.1, 0.15) is 5.75 Å². The molecule has 1 heterocycles. The second kappa shape index (κ2) is 5.52. The van der Waals surface area contributed by atoms with Crippen molar-refractivity contribution in [2.24, 2.45) is 11.3 Å². The van der Waals surface area contributed by atoms with Crippen molar-refractivity contribution < 1.29 is 14.6 Å². The number of ether oxygens (including phenoxy) is 2. The SMILES string of the molecule is COc1cccc([C@H](O)CN[C@H]2[C@H]3CCO[C@H]3C23CCC3)c1. The average Bonchev–Trinajstić information content (AvgIpc) is 2.91. The van der Waals surface area contributed by atoms with Gasteiger partial charge in [0.2, 0.25) is 0 Å². The Hall–Kier alpha value is -1.10. The molecule has 3 aliphatic rings. The van der Waals surface area contributed by atoms with Crippen molar-refractivity contribution in [3.63, 3.8) is 0 Å². The summed E-state index contributed by atoms with van der Waals surface area (Å²) in [4.78, 5) is 0. The first-order valence-electron chi connectivity index (χ1n) is 8.41. The zero-order chi connectivity index (χ0) is 15.2. The molecule has 1 spiro atoms. The summed E-state index contributed by atoms with van der Waals surface area (Å²) < 4.78 is 11.2. The topological polar surface area (TPSA) is 50.7 Å². The normalized spacial score (nSPS) is 32.9. The highest BCUT2D eigenvalue weighted by molar-refractivity contribution is 5.30. The molecule has 0 amide bonds. The molecule has 0 aromatic heterocycles. The second-order valence-electron chi connectivity index (χ2n) is 7.01. The van der Waals surface area contributed by atoms with E-state index in [-0.39, 0.29) is 0 Å². The van der Waals surface area contributed by atoms with Crippen LogP contribution in [-0.4, -0.2) is 37.5 Å². The van der Waals surface area contributed by atoms with Crippen molar-refractivity contribution in [1.82, 2.24) is 5.32 Å². The van der Waals surface area contributed by atoms with Gasteiger partial charge in [-0.2, -0.15) is 0 Å². The predicted octanol–water partition coefficient (Wildman–Crippen LogP) is 2.28. The molecular formula is C18H25NO3. The van der Waals surface area contributed by atoms with Gasteiger partial charge >= 0.3 is 0 Å². The van der Waals surface area contributed by atoms with E-state index in [1.807, 2.05) is 24.3 Å². The lowest BCUT2D eigenvalue weighted by atomic mass is 9.46. The molecule has 1 aliphatic heterocycles. The van der Waals surface area contributed by atoms with Crippen LogP contribution in [0.4, 0.5) is 0 Å². The fraction of sp³-hybridized carbons (Fsp3) is 0.667. The van der Waals surface area contributed by atoms with Gasteiger partial charge in [-0.1, -0.05) is 18.6 Å². The van der Waals surface area contributed by atoms with E-state index in [0.29, 0.717) is 30.0 Å². The monoisotopic (exact) mass is 303 g/mol. The van der Waals surface area contributed by atoms with Crippen molar-refractivity contribution in [2.45, 2.75) is 43.9 Å². The minimum Gasteiger partial charge on any atom is -0.497 e. The number of aliphatic hydroxyl groups is 1. The van der Waals surface area contributed by atoms with Gasteiger partial charge in [0, 0.05) is 30.5 Å². The second-order valence-corrected chi connectivity index (χ2v) is 7.01. The maximum absolute atomic E-state index is 10.5. The smallest absolute Gasteiger partial charge is 0.119 e. The zero-order valence-electron chi connectivity index (χ0n) is 13.1. The maximum atomic E-state index is 10.5. The molecule has 2 aliphatic carbocycles. The fourth-order valence-corrected chi connectivity index (χ4v) is 4.77. The third-order valence-corrected chi connectivity index (χ3v) is 6.05. The Morgan fingerprint density at radius 3 is 3.05 bits per heavy atom. The zero-order valence-corrected chi connectivity index (χ0v) is 13.1. The first-order valence-corrected chi connectivity index (χ1v) is 8.41. The molecule has 4 heteroatoms. The standard InChI is InChI=1S/C18H25NO3/c1-21-13-5-2-4-12(10-13)15(20)11-19-16-14-6-9-22-17(14)18(16)7-3-8-18/h2,4-5,10,14-17,19-20H,3,6-9,11H2,1H3/t14-,15-,16+,17-/m1/s1. The van der Waals surface area contributed by atoms with Crippen molar-refractivity contribution in [3.8, 4) is 5.75 Å². The van der Waals surface area contributed by atoms with Gasteiger partial charge in [0.15, 0.2) is 0 Å². The molecule has 2 saturated carbocycles. The van der Waals surface area contributed by atoms with E-state index in [1.165, 1.54) is 25.7 Å². The third kappa shape index (κ3) is 2.08. The molecule has 2 N–H and O–H groups in total. The van der Waals surface area contributed by atoms with Crippen LogP contribution in [-0.2, 0) is 4.74 Å². The molecule has 0 bridgehead atoms. The van der Waals surface area contributed by atoms with Gasteiger partial charge in [-0.15, -0.1) is 0 Å². The van der Waals surface area contributed by atoms with E-state index < -0.39 is 6.10 Å². The van der Waals surface area contributed by atoms with E-state index in [0.717, 1.165) is 17.9 Å². The summed E-state index contributed by atoms with van der Waals surface area (Å²) in [5.74, 6) is 1.44. The van der Waals surface area contributed by atoms with E-state index in [9.17, 15) is 5.11 Å². The number of hydrogen-bond acceptors (Lipinski definition) is 4. The fourth-order valence-electron chi connectivity index (χ4n) is 4.77. The Kier molecular flexibility index (Phi) is 3.63. The van der Waals surface area contributed by atoms with E-state index in [4.69, 9.17) is 9.47 Å². The maximum Gasteiger partial charge on any atom is 0.119 e. The Labute approximate surface area is 131 Å². The highest BCUT2D eigenvalue weighted by Crippen LogP contribution is 2.62. The van der Waals surface area contributed by atoms with Crippen molar-refractivity contribution in [3.05, 3.63) is 29.8 Å². The summed E-state index contributed by atoms with van der Waals surface area (Å²) in [6.07, 6.45) is 5.03. The molecular weight excluding hydrogens is 278 g/mol. The largest absolute Gasteiger partial charge is 0.497 e. The van der Waals surface area contributed by atoms with Crippen LogP contribution in [0.5, 0.6) is 5.75 Å². The predicted molar refractivity (Wildman–Crippen MR) is 83.9 cm³/mol. The molecule has 4 atom stereocenters. The molecule has 4 rings (SSSR count). The minimum atomic E-state index is -0.492. The van der Waals surface area contributed by atoms with Gasteiger partial charge in [0.25, 0.3) is 0 Å². The van der Waals surface area contributed by atoms with Crippen LogP contribution in [0.25, 0.3) is 0 Å². The first kappa shape index (κ1) is 14.5. The van der Waals surface area contributed by atoms with E-state index in [2.05, 4.69) is 5.32 Å². The van der Waals surface area contributed by atoms with Crippen LogP contribution in [0, 0.1) is 11.3 Å². The summed E-state index contributed by atoms with van der Waals surface area (Å²) in [7, 11) is 1.65. The lowest BCUT2D eigenvalue weighted by molar-refractivity contribution is -0.177. The Balaban J connectivity index is 1.39. The van der Waals surface area contributed by atoms with Crippen LogP contribution in [0.2, 0.25) is 0 Å². The first-order chi connectivity index (χ1) is 10.7. The van der Waals surface area contributed by atoms with Crippen molar-refractivity contribution in [2.75, 3.05) is 20.3 Å². The number of nitrogens with one attached hydrogen (secondary N) is 1. The molecule has 4 nitrogen and oxygen atoms in total. The third-order valence-electron chi connectivity index (χ3n) is 6.05. The number of aliphatic hydroxyl groups excluding tert-OH is 1. The molecule has 1 aromatic rings. The Bertz CT molecular complexity index is 543. The summed E-state index contributed by atoms with van der Waals surface area (Å²) in [5, 5.41) is 14.1. The van der Waals surface area contributed by atoms with Crippen LogP contribution >= 0.6 is 0 Å². The van der Waals surface area contributed by atoms with Gasteiger partial charge in [-0.05, 0) is 37.0 Å². The molecule has 3 fully saturated rings. The Morgan fingerprint density at radius 2 is 2.32 bits per heavy atom. The molecule has 120 valence electrons. The van der Waals surface area contributed by atoms with E-state index >= 15 is 0 Å². The number of rotatable bonds is 5. The Morgan fingerprint density at radius 1 is 1.45 bits per heavy atom. The molecule has 1 aromatic carbocycles. The van der Waals surface area contributed by atoms with Crippen LogP contribution in [0.3, 0.4) is 0 Å². The molecule has 1 saturated heterocycles. The van der Waals surface area contributed by atoms with Gasteiger partial charge in [-0.3, -0.25) is 0 Å². The van der Waals surface area contributed by atoms with Crippen molar-refractivity contribution >= 4 is 0 Å². The average molecular weight is 303 g/mol. The molecule has 0 radical (unpaired) electrons. The number of benzene rings is 1. The number of fused-ring (bicyclic) bond motifs is 2. The van der Waals surface area contributed by atoms with Gasteiger partial charge < -0.3 is 19.9 Å². The minimum absolute atomic E-state index is 0.370. The van der Waals surface area contributed by atoms with E-state index in [1.54, 1.807) is 7.11 Å².